The van der Waals surface area contributed by atoms with Crippen molar-refractivity contribution in [2.45, 2.75) is 32.7 Å². The van der Waals surface area contributed by atoms with Gasteiger partial charge in [-0.15, -0.1) is 0 Å². The highest BCUT2D eigenvalue weighted by Crippen LogP contribution is 2.44. The van der Waals surface area contributed by atoms with E-state index in [1.54, 1.807) is 12.1 Å². The van der Waals surface area contributed by atoms with Gasteiger partial charge in [-0.3, -0.25) is 0 Å². The molecule has 4 aromatic rings. The molecule has 1 unspecified atom stereocenters. The van der Waals surface area contributed by atoms with Gasteiger partial charge in [0.15, 0.2) is 0 Å². The summed E-state index contributed by atoms with van der Waals surface area (Å²) in [6.07, 6.45) is 4.35. The van der Waals surface area contributed by atoms with Crippen molar-refractivity contribution in [1.82, 2.24) is 0 Å². The van der Waals surface area contributed by atoms with Gasteiger partial charge in [0, 0.05) is 26.6 Å². The molecule has 0 aromatic heterocycles. The number of hydrogen-bond donors (Lipinski definition) is 0. The Kier molecular flexibility index (Phi) is 6.17. The van der Waals surface area contributed by atoms with Crippen LogP contribution in [0, 0.1) is 12.7 Å². The maximum atomic E-state index is 14.0. The van der Waals surface area contributed by atoms with E-state index >= 15 is 0 Å². The molecule has 0 N–H and O–H groups in total. The van der Waals surface area contributed by atoms with E-state index < -0.39 is 0 Å². The van der Waals surface area contributed by atoms with E-state index in [1.807, 2.05) is 20.0 Å². The second kappa shape index (κ2) is 9.42. The minimum absolute atomic E-state index is 0.0456. The molecule has 0 saturated carbocycles. The zero-order chi connectivity index (χ0) is 24.5. The summed E-state index contributed by atoms with van der Waals surface area (Å²) in [6.45, 7) is 6.46. The van der Waals surface area contributed by atoms with Crippen LogP contribution in [0.3, 0.4) is 0 Å². The summed E-state index contributed by atoms with van der Waals surface area (Å²) < 4.78 is 18.4. The van der Waals surface area contributed by atoms with Crippen molar-refractivity contribution in [3.05, 3.63) is 126 Å². The monoisotopic (exact) mass is 462 g/mol. The topological polar surface area (TPSA) is 6.02 Å². The second-order valence-corrected chi connectivity index (χ2v) is 9.55. The third-order valence-electron chi connectivity index (χ3n) is 6.83. The van der Waals surface area contributed by atoms with Crippen LogP contribution in [0.15, 0.2) is 103 Å². The first kappa shape index (κ1) is 22.9. The summed E-state index contributed by atoms with van der Waals surface area (Å²) in [7, 11) is 2.05. The smallest absolute Gasteiger partial charge is 0.207 e. The van der Waals surface area contributed by atoms with Crippen molar-refractivity contribution in [3.63, 3.8) is 0 Å². The SMILES string of the molecule is Cc1cc(F)ccc1[N+]1=[N+](C)C=CC1c1c(-c2ccccc2)cc(C(C)C)cc1-c1ccccc1. The van der Waals surface area contributed by atoms with E-state index in [1.165, 1.54) is 33.4 Å². The van der Waals surface area contributed by atoms with Crippen molar-refractivity contribution in [2.24, 2.45) is 0 Å². The number of benzene rings is 4. The number of nitrogens with zero attached hydrogens (tertiary/aromatic N) is 2. The van der Waals surface area contributed by atoms with Gasteiger partial charge < -0.3 is 0 Å². The predicted octanol–water partition coefficient (Wildman–Crippen LogP) is 8.60. The molecule has 0 saturated heterocycles. The molecular weight excluding hydrogens is 431 g/mol. The molecule has 1 aliphatic heterocycles. The van der Waals surface area contributed by atoms with Crippen molar-refractivity contribution < 1.29 is 13.8 Å². The van der Waals surface area contributed by atoms with Crippen LogP contribution in [-0.2, 0) is 0 Å². The number of rotatable bonds is 5. The molecule has 0 aliphatic carbocycles. The molecule has 4 aromatic carbocycles. The lowest BCUT2D eigenvalue weighted by molar-refractivity contribution is -0.954. The highest BCUT2D eigenvalue weighted by Gasteiger charge is 2.41. The molecule has 2 nitrogen and oxygen atoms in total. The van der Waals surface area contributed by atoms with E-state index in [2.05, 4.69) is 108 Å². The van der Waals surface area contributed by atoms with Crippen molar-refractivity contribution in [3.8, 4) is 22.3 Å². The first-order valence-electron chi connectivity index (χ1n) is 12.2. The van der Waals surface area contributed by atoms with Crippen LogP contribution < -0.4 is 0 Å². The summed E-state index contributed by atoms with van der Waals surface area (Å²) >= 11 is 0. The van der Waals surface area contributed by atoms with Gasteiger partial charge >= 0.3 is 0 Å². The molecular formula is C32H31FN2+2. The second-order valence-electron chi connectivity index (χ2n) is 9.55. The number of hydrogen-bond acceptors (Lipinski definition) is 0. The molecule has 1 aliphatic rings. The minimum Gasteiger partial charge on any atom is -0.207 e. The van der Waals surface area contributed by atoms with E-state index in [4.69, 9.17) is 0 Å². The molecule has 35 heavy (non-hydrogen) atoms. The van der Waals surface area contributed by atoms with Gasteiger partial charge in [0.1, 0.15) is 5.82 Å². The Labute approximate surface area is 207 Å². The van der Waals surface area contributed by atoms with Crippen LogP contribution in [0.1, 0.15) is 42.5 Å². The van der Waals surface area contributed by atoms with Gasteiger partial charge in [0.2, 0.25) is 13.2 Å². The Hall–Kier alpha value is -3.85. The van der Waals surface area contributed by atoms with Crippen LogP contribution >= 0.6 is 0 Å². The first-order valence-corrected chi connectivity index (χ1v) is 12.2. The third-order valence-corrected chi connectivity index (χ3v) is 6.83. The molecule has 1 atom stereocenters. The average Bonchev–Trinajstić information content (AvgIpc) is 3.25. The van der Waals surface area contributed by atoms with E-state index in [-0.39, 0.29) is 11.9 Å². The van der Waals surface area contributed by atoms with Crippen molar-refractivity contribution in [1.29, 1.82) is 0 Å². The van der Waals surface area contributed by atoms with Gasteiger partial charge in [-0.25, -0.2) is 4.39 Å². The summed E-state index contributed by atoms with van der Waals surface area (Å²) in [4.78, 5) is 0. The van der Waals surface area contributed by atoms with Gasteiger partial charge in [-0.1, -0.05) is 86.6 Å². The number of azo groups is 4. The van der Waals surface area contributed by atoms with Gasteiger partial charge in [0.25, 0.3) is 11.7 Å². The zero-order valence-corrected chi connectivity index (χ0v) is 20.7. The summed E-state index contributed by atoms with van der Waals surface area (Å²) in [5.74, 6) is 0.181. The van der Waals surface area contributed by atoms with Crippen LogP contribution in [0.4, 0.5) is 10.1 Å². The fourth-order valence-corrected chi connectivity index (χ4v) is 5.01. The third kappa shape index (κ3) is 4.35. The fourth-order valence-electron chi connectivity index (χ4n) is 5.01. The molecule has 0 amide bonds. The van der Waals surface area contributed by atoms with Crippen LogP contribution in [0.2, 0.25) is 0 Å². The Morgan fingerprint density at radius 2 is 1.34 bits per heavy atom. The Bertz CT molecular complexity index is 1370. The molecule has 0 spiro atoms. The predicted molar refractivity (Wildman–Crippen MR) is 141 cm³/mol. The lowest BCUT2D eigenvalue weighted by Crippen LogP contribution is -2.18. The van der Waals surface area contributed by atoms with Crippen molar-refractivity contribution in [2.75, 3.05) is 7.05 Å². The molecule has 3 heteroatoms. The maximum absolute atomic E-state index is 14.0. The quantitative estimate of drug-likeness (QED) is 0.262. The number of halogens is 1. The lowest BCUT2D eigenvalue weighted by atomic mass is 9.84. The Morgan fingerprint density at radius 3 is 1.86 bits per heavy atom. The summed E-state index contributed by atoms with van der Waals surface area (Å²) in [6, 6.07) is 31.0. The number of aryl methyl sites for hydroxylation is 1. The van der Waals surface area contributed by atoms with E-state index in [0.29, 0.717) is 5.92 Å². The van der Waals surface area contributed by atoms with E-state index in [9.17, 15) is 4.39 Å². The van der Waals surface area contributed by atoms with Crippen LogP contribution in [-0.4, -0.2) is 16.4 Å². The summed E-state index contributed by atoms with van der Waals surface area (Å²) in [5.41, 5.74) is 9.31. The molecule has 174 valence electrons. The van der Waals surface area contributed by atoms with Crippen LogP contribution in [0.5, 0.6) is 0 Å². The summed E-state index contributed by atoms with van der Waals surface area (Å²) in [5, 5.41) is 0. The fraction of sp³-hybridized carbons (Fsp3) is 0.188. The lowest BCUT2D eigenvalue weighted by Gasteiger charge is -2.20. The average molecular weight is 463 g/mol. The highest BCUT2D eigenvalue weighted by atomic mass is 19.1. The van der Waals surface area contributed by atoms with Gasteiger partial charge in [0.05, 0.1) is 6.08 Å². The zero-order valence-electron chi connectivity index (χ0n) is 20.7. The largest absolute Gasteiger partial charge is 0.274 e. The molecule has 5 rings (SSSR count). The van der Waals surface area contributed by atoms with Crippen molar-refractivity contribution >= 4 is 5.69 Å². The maximum Gasteiger partial charge on any atom is 0.274 e. The Morgan fingerprint density at radius 1 is 0.771 bits per heavy atom. The molecule has 1 heterocycles. The molecule has 0 bridgehead atoms. The minimum atomic E-state index is -0.214. The van der Waals surface area contributed by atoms with Gasteiger partial charge in [-0.2, -0.15) is 0 Å². The van der Waals surface area contributed by atoms with Gasteiger partial charge in [-0.05, 0) is 52.8 Å². The Balaban J connectivity index is 1.83. The highest BCUT2D eigenvalue weighted by molar-refractivity contribution is 5.81. The van der Waals surface area contributed by atoms with E-state index in [0.717, 1.165) is 11.3 Å². The standard InChI is InChI=1S/C32H31FN2/c1-22(2)26-20-28(24-11-7-5-8-12-24)32(29(21-26)25-13-9-6-10-14-25)31-17-18-34(4)35(31)30-16-15-27(33)19-23(30)3/h5-22,31H,1-4H3/q+2. The van der Waals surface area contributed by atoms with Crippen LogP contribution in [0.25, 0.3) is 22.3 Å². The molecule has 0 radical (unpaired) electrons. The normalized spacial score (nSPS) is 15.3. The molecule has 0 fully saturated rings. The first-order chi connectivity index (χ1) is 16.9.